The maximum atomic E-state index is 4.75. The second-order valence-electron chi connectivity index (χ2n) is 4.85. The third kappa shape index (κ3) is 2.27. The number of rotatable bonds is 1. The predicted molar refractivity (Wildman–Crippen MR) is 76.8 cm³/mol. The van der Waals surface area contributed by atoms with Crippen LogP contribution in [-0.4, -0.2) is 23.1 Å². The first-order valence-corrected chi connectivity index (χ1v) is 7.18. The van der Waals surface area contributed by atoms with Crippen LogP contribution in [0.15, 0.2) is 22.7 Å². The Morgan fingerprint density at radius 3 is 2.78 bits per heavy atom. The van der Waals surface area contributed by atoms with E-state index in [-0.39, 0.29) is 0 Å². The lowest BCUT2D eigenvalue weighted by atomic mass is 9.97. The summed E-state index contributed by atoms with van der Waals surface area (Å²) in [5.41, 5.74) is 2.13. The maximum Gasteiger partial charge on any atom is 0.132 e. The van der Waals surface area contributed by atoms with E-state index in [9.17, 15) is 0 Å². The molecule has 1 aromatic heterocycles. The first-order valence-electron chi connectivity index (χ1n) is 6.38. The molecule has 18 heavy (non-hydrogen) atoms. The van der Waals surface area contributed by atoms with Gasteiger partial charge in [0.2, 0.25) is 0 Å². The molecule has 3 nitrogen and oxygen atoms in total. The predicted octanol–water partition coefficient (Wildman–Crippen LogP) is 3.17. The molecule has 0 saturated carbocycles. The minimum absolute atomic E-state index is 0.508. The van der Waals surface area contributed by atoms with Crippen LogP contribution in [0.4, 0.5) is 0 Å². The van der Waals surface area contributed by atoms with Gasteiger partial charge in [0.25, 0.3) is 0 Å². The molecule has 1 aliphatic heterocycles. The fraction of sp³-hybridized carbons (Fsp3) is 0.429. The molecule has 0 bridgehead atoms. The van der Waals surface area contributed by atoms with Crippen molar-refractivity contribution >= 4 is 26.8 Å². The van der Waals surface area contributed by atoms with Crippen molar-refractivity contribution < 1.29 is 0 Å². The molecular weight excluding hydrogens is 290 g/mol. The van der Waals surface area contributed by atoms with Crippen LogP contribution < -0.4 is 5.32 Å². The number of hydrogen-bond acceptors (Lipinski definition) is 3. The summed E-state index contributed by atoms with van der Waals surface area (Å²) < 4.78 is 1.07. The fourth-order valence-corrected chi connectivity index (χ4v) is 2.90. The highest BCUT2D eigenvalue weighted by Gasteiger charge is 2.18. The molecule has 1 saturated heterocycles. The summed E-state index contributed by atoms with van der Waals surface area (Å²) in [6.07, 6.45) is 2.28. The molecule has 0 unspecified atom stereocenters. The minimum Gasteiger partial charge on any atom is -0.317 e. The van der Waals surface area contributed by atoms with Crippen LogP contribution in [0.1, 0.15) is 30.3 Å². The molecule has 2 aromatic rings. The van der Waals surface area contributed by atoms with Gasteiger partial charge < -0.3 is 5.32 Å². The third-order valence-electron chi connectivity index (χ3n) is 3.57. The smallest absolute Gasteiger partial charge is 0.132 e. The molecule has 3 rings (SSSR count). The van der Waals surface area contributed by atoms with Crippen LogP contribution in [-0.2, 0) is 0 Å². The summed E-state index contributed by atoms with van der Waals surface area (Å²) in [4.78, 5) is 9.45. The summed E-state index contributed by atoms with van der Waals surface area (Å²) in [5, 5.41) is 4.53. The Kier molecular flexibility index (Phi) is 3.31. The van der Waals surface area contributed by atoms with Gasteiger partial charge >= 0.3 is 0 Å². The van der Waals surface area contributed by atoms with Gasteiger partial charge in [-0.3, -0.25) is 0 Å². The number of piperidine rings is 1. The number of hydrogen-bond donors (Lipinski definition) is 1. The van der Waals surface area contributed by atoms with Gasteiger partial charge in [-0.25, -0.2) is 9.97 Å². The molecule has 0 radical (unpaired) electrons. The van der Waals surface area contributed by atoms with E-state index in [2.05, 4.69) is 40.3 Å². The van der Waals surface area contributed by atoms with E-state index < -0.39 is 0 Å². The minimum atomic E-state index is 0.508. The van der Waals surface area contributed by atoms with Crippen LogP contribution in [0, 0.1) is 6.92 Å². The third-order valence-corrected chi connectivity index (χ3v) is 4.06. The molecule has 1 fully saturated rings. The number of aryl methyl sites for hydroxylation is 1. The van der Waals surface area contributed by atoms with Crippen molar-refractivity contribution in [2.75, 3.05) is 13.1 Å². The highest BCUT2D eigenvalue weighted by Crippen LogP contribution is 2.26. The van der Waals surface area contributed by atoms with Crippen LogP contribution in [0.2, 0.25) is 0 Å². The van der Waals surface area contributed by atoms with Crippen molar-refractivity contribution in [3.63, 3.8) is 0 Å². The number of halogens is 1. The Hall–Kier alpha value is -1.000. The maximum absolute atomic E-state index is 4.75. The van der Waals surface area contributed by atoms with Crippen LogP contribution in [0.5, 0.6) is 0 Å². The van der Waals surface area contributed by atoms with Crippen molar-refractivity contribution in [3.8, 4) is 0 Å². The second kappa shape index (κ2) is 4.94. The number of fused-ring (bicyclic) bond motifs is 1. The van der Waals surface area contributed by atoms with E-state index in [1.807, 2.05) is 6.07 Å². The number of aromatic nitrogens is 2. The molecule has 1 aliphatic rings. The van der Waals surface area contributed by atoms with Gasteiger partial charge in [-0.05, 0) is 51.1 Å². The van der Waals surface area contributed by atoms with Gasteiger partial charge in [-0.2, -0.15) is 0 Å². The van der Waals surface area contributed by atoms with Crippen LogP contribution in [0.3, 0.4) is 0 Å². The second-order valence-corrected chi connectivity index (χ2v) is 5.77. The average Bonchev–Trinajstić information content (AvgIpc) is 2.39. The fourth-order valence-electron chi connectivity index (χ4n) is 2.55. The lowest BCUT2D eigenvalue weighted by molar-refractivity contribution is 0.445. The lowest BCUT2D eigenvalue weighted by Crippen LogP contribution is -2.27. The largest absolute Gasteiger partial charge is 0.317 e. The molecule has 0 spiro atoms. The van der Waals surface area contributed by atoms with E-state index in [0.717, 1.165) is 52.8 Å². The van der Waals surface area contributed by atoms with Gasteiger partial charge in [0, 0.05) is 21.5 Å². The van der Waals surface area contributed by atoms with Crippen molar-refractivity contribution in [1.82, 2.24) is 15.3 Å². The van der Waals surface area contributed by atoms with E-state index >= 15 is 0 Å². The number of nitrogens with zero attached hydrogens (tertiary/aromatic N) is 2. The Labute approximate surface area is 115 Å². The van der Waals surface area contributed by atoms with Crippen LogP contribution in [0.25, 0.3) is 10.9 Å². The highest BCUT2D eigenvalue weighted by molar-refractivity contribution is 9.10. The molecule has 0 atom stereocenters. The Balaban J connectivity index is 2.07. The van der Waals surface area contributed by atoms with Gasteiger partial charge in [-0.1, -0.05) is 15.9 Å². The molecule has 1 aromatic carbocycles. The molecule has 1 N–H and O–H groups in total. The standard InChI is InChI=1S/C14H16BrN3/c1-9-12-3-2-11(15)8-13(12)18-14(17-9)10-4-6-16-7-5-10/h2-3,8,10,16H,4-7H2,1H3. The van der Waals surface area contributed by atoms with E-state index in [4.69, 9.17) is 9.97 Å². The van der Waals surface area contributed by atoms with Crippen molar-refractivity contribution in [2.45, 2.75) is 25.7 Å². The summed E-state index contributed by atoms with van der Waals surface area (Å²) in [5.74, 6) is 1.52. The normalized spacial score (nSPS) is 17.2. The molecular formula is C14H16BrN3. The Morgan fingerprint density at radius 2 is 2.00 bits per heavy atom. The molecule has 94 valence electrons. The van der Waals surface area contributed by atoms with E-state index in [0.29, 0.717) is 5.92 Å². The zero-order chi connectivity index (χ0) is 12.5. The summed E-state index contributed by atoms with van der Waals surface area (Å²) in [6.45, 7) is 4.22. The number of benzene rings is 1. The molecule has 2 heterocycles. The quantitative estimate of drug-likeness (QED) is 0.879. The first-order chi connectivity index (χ1) is 8.74. The average molecular weight is 306 g/mol. The topological polar surface area (TPSA) is 37.8 Å². The first kappa shape index (κ1) is 12.1. The molecule has 4 heteroatoms. The summed E-state index contributed by atoms with van der Waals surface area (Å²) in [7, 11) is 0. The van der Waals surface area contributed by atoms with Crippen molar-refractivity contribution in [1.29, 1.82) is 0 Å². The SMILES string of the molecule is Cc1nc(C2CCNCC2)nc2cc(Br)ccc12. The highest BCUT2D eigenvalue weighted by atomic mass is 79.9. The monoisotopic (exact) mass is 305 g/mol. The van der Waals surface area contributed by atoms with Gasteiger partial charge in [-0.15, -0.1) is 0 Å². The zero-order valence-corrected chi connectivity index (χ0v) is 12.0. The zero-order valence-electron chi connectivity index (χ0n) is 10.4. The Morgan fingerprint density at radius 1 is 1.22 bits per heavy atom. The van der Waals surface area contributed by atoms with Crippen molar-refractivity contribution in [3.05, 3.63) is 34.2 Å². The number of nitrogens with one attached hydrogen (secondary N) is 1. The summed E-state index contributed by atoms with van der Waals surface area (Å²) >= 11 is 3.51. The molecule has 0 aliphatic carbocycles. The van der Waals surface area contributed by atoms with Gasteiger partial charge in [0.05, 0.1) is 5.52 Å². The van der Waals surface area contributed by atoms with Gasteiger partial charge in [0.15, 0.2) is 0 Å². The van der Waals surface area contributed by atoms with Crippen molar-refractivity contribution in [2.24, 2.45) is 0 Å². The van der Waals surface area contributed by atoms with E-state index in [1.54, 1.807) is 0 Å². The Bertz CT molecular complexity index is 577. The van der Waals surface area contributed by atoms with E-state index in [1.165, 1.54) is 0 Å². The van der Waals surface area contributed by atoms with Gasteiger partial charge in [0.1, 0.15) is 5.82 Å². The lowest BCUT2D eigenvalue weighted by Gasteiger charge is -2.21. The molecule has 0 amide bonds. The summed E-state index contributed by atoms with van der Waals surface area (Å²) in [6, 6.07) is 6.21. The van der Waals surface area contributed by atoms with Crippen LogP contribution >= 0.6 is 15.9 Å².